The number of hydrogen-bond acceptors (Lipinski definition) is 6. The zero-order valence-electron chi connectivity index (χ0n) is 25.5. The van der Waals surface area contributed by atoms with Crippen molar-refractivity contribution in [3.05, 3.63) is 100 Å². The number of amides is 1. The summed E-state index contributed by atoms with van der Waals surface area (Å²) in [6.07, 6.45) is 9.06. The number of aromatic nitrogens is 3. The number of ether oxygens (including phenoxy) is 2. The Labute approximate surface area is 254 Å². The van der Waals surface area contributed by atoms with Gasteiger partial charge in [0.05, 0.1) is 17.4 Å². The molecule has 0 bridgehead atoms. The van der Waals surface area contributed by atoms with Crippen LogP contribution in [0.4, 0.5) is 10.5 Å². The first kappa shape index (κ1) is 30.6. The predicted octanol–water partition coefficient (Wildman–Crippen LogP) is 7.49. The minimum Gasteiger partial charge on any atom is -0.444 e. The van der Waals surface area contributed by atoms with Gasteiger partial charge in [0.15, 0.2) is 0 Å². The molecule has 0 saturated heterocycles. The van der Waals surface area contributed by atoms with E-state index in [1.807, 2.05) is 36.5 Å². The fraction of sp³-hybridized carbons (Fsp3) is 0.412. The number of fused-ring (bicyclic) bond motifs is 1. The maximum Gasteiger partial charge on any atom is 0.414 e. The lowest BCUT2D eigenvalue weighted by Crippen LogP contribution is -2.31. The number of nitrogens with zero attached hydrogens (tertiary/aromatic N) is 4. The Hall–Kier alpha value is -3.82. The van der Waals surface area contributed by atoms with Gasteiger partial charge in [-0.15, -0.1) is 0 Å². The molecule has 0 radical (unpaired) electrons. The highest BCUT2D eigenvalue weighted by molar-refractivity contribution is 6.76. The zero-order valence-corrected chi connectivity index (χ0v) is 26.5. The molecule has 2 aromatic heterocycles. The molecule has 1 saturated carbocycles. The lowest BCUT2D eigenvalue weighted by Gasteiger charge is -2.24. The molecule has 226 valence electrons. The monoisotopic (exact) mass is 598 g/mol. The van der Waals surface area contributed by atoms with Crippen molar-refractivity contribution >= 4 is 30.8 Å². The molecule has 43 heavy (non-hydrogen) atoms. The van der Waals surface area contributed by atoms with E-state index in [4.69, 9.17) is 14.5 Å². The van der Waals surface area contributed by atoms with Crippen LogP contribution in [0.2, 0.25) is 25.7 Å². The number of hydrogen-bond donors (Lipinski definition) is 0. The lowest BCUT2D eigenvalue weighted by molar-refractivity contribution is 0.0844. The van der Waals surface area contributed by atoms with Crippen molar-refractivity contribution in [2.75, 3.05) is 11.5 Å². The maximum atomic E-state index is 13.5. The van der Waals surface area contributed by atoms with Gasteiger partial charge in [0.25, 0.3) is 5.56 Å². The number of anilines is 1. The molecule has 4 aromatic rings. The van der Waals surface area contributed by atoms with Crippen LogP contribution in [0.15, 0.2) is 78.0 Å². The predicted molar refractivity (Wildman–Crippen MR) is 173 cm³/mol. The maximum absolute atomic E-state index is 13.5. The molecule has 2 heterocycles. The second kappa shape index (κ2) is 14.1. The fourth-order valence-corrected chi connectivity index (χ4v) is 6.11. The fourth-order valence-electron chi connectivity index (χ4n) is 5.36. The number of pyridine rings is 1. The molecule has 5 rings (SSSR count). The van der Waals surface area contributed by atoms with E-state index in [-0.39, 0.29) is 25.4 Å². The Morgan fingerprint density at radius 3 is 2.49 bits per heavy atom. The third kappa shape index (κ3) is 8.39. The lowest BCUT2D eigenvalue weighted by atomic mass is 9.86. The summed E-state index contributed by atoms with van der Waals surface area (Å²) in [5, 5.41) is 0.469. The second-order valence-corrected chi connectivity index (χ2v) is 18.2. The third-order valence-corrected chi connectivity index (χ3v) is 9.69. The van der Waals surface area contributed by atoms with Crippen LogP contribution in [-0.2, 0) is 29.4 Å². The van der Waals surface area contributed by atoms with Gasteiger partial charge in [0, 0.05) is 38.2 Å². The van der Waals surface area contributed by atoms with Crippen LogP contribution in [0.1, 0.15) is 54.8 Å². The summed E-state index contributed by atoms with van der Waals surface area (Å²) in [6, 6.07) is 20.0. The van der Waals surface area contributed by atoms with Crippen LogP contribution in [0.25, 0.3) is 10.9 Å². The molecule has 0 unspecified atom stereocenters. The molecule has 1 aliphatic rings. The van der Waals surface area contributed by atoms with Crippen molar-refractivity contribution in [2.24, 2.45) is 0 Å². The Morgan fingerprint density at radius 2 is 1.77 bits per heavy atom. The Kier molecular flexibility index (Phi) is 10.0. The number of rotatable bonds is 11. The molecule has 9 heteroatoms. The molecule has 2 aromatic carbocycles. The quantitative estimate of drug-likeness (QED) is 0.131. The highest BCUT2D eigenvalue weighted by atomic mass is 28.3. The number of carbonyl (C=O) groups excluding carboxylic acids is 1. The summed E-state index contributed by atoms with van der Waals surface area (Å²) in [5.74, 6) is 0.510. The molecule has 0 aliphatic heterocycles. The van der Waals surface area contributed by atoms with Crippen LogP contribution in [0, 0.1) is 0 Å². The summed E-state index contributed by atoms with van der Waals surface area (Å²) >= 11 is 0. The largest absolute Gasteiger partial charge is 0.444 e. The van der Waals surface area contributed by atoms with E-state index in [2.05, 4.69) is 36.8 Å². The van der Waals surface area contributed by atoms with Gasteiger partial charge in [-0.1, -0.05) is 75.3 Å². The van der Waals surface area contributed by atoms with E-state index in [0.717, 1.165) is 22.9 Å². The van der Waals surface area contributed by atoms with Crippen LogP contribution in [-0.4, -0.2) is 35.3 Å². The van der Waals surface area contributed by atoms with Gasteiger partial charge in [-0.05, 0) is 54.3 Å². The Morgan fingerprint density at radius 1 is 0.977 bits per heavy atom. The van der Waals surface area contributed by atoms with E-state index >= 15 is 0 Å². The first-order valence-corrected chi connectivity index (χ1v) is 19.0. The average molecular weight is 599 g/mol. The molecular formula is C34H42N4O4Si. The minimum atomic E-state index is -1.22. The van der Waals surface area contributed by atoms with Crippen LogP contribution in [0.3, 0.4) is 0 Å². The molecule has 8 nitrogen and oxygen atoms in total. The standard InChI is InChI=1S/C34H42N4O4Si/c1-43(2,3)19-18-41-25-37-24-36-32-20-29(15-16-30(32)33(37)39)38(34(40)42-23-26-10-6-4-7-11-26)22-27-14-17-31(35-21-27)28-12-8-5-9-13-28/h4,6-7,10-11,14-17,20-21,24,28H,5,8-9,12-13,18-19,22-23,25H2,1-3H3. The van der Waals surface area contributed by atoms with E-state index in [1.54, 1.807) is 23.1 Å². The Balaban J connectivity index is 1.36. The first-order valence-electron chi connectivity index (χ1n) is 15.3. The first-order chi connectivity index (χ1) is 20.8. The van der Waals surface area contributed by atoms with Gasteiger partial charge in [0.2, 0.25) is 0 Å². The van der Waals surface area contributed by atoms with E-state index in [9.17, 15) is 9.59 Å². The van der Waals surface area contributed by atoms with Crippen molar-refractivity contribution < 1.29 is 14.3 Å². The van der Waals surface area contributed by atoms with Gasteiger partial charge in [0.1, 0.15) is 19.7 Å². The van der Waals surface area contributed by atoms with E-state index in [0.29, 0.717) is 29.1 Å². The van der Waals surface area contributed by atoms with E-state index in [1.165, 1.54) is 43.0 Å². The molecule has 0 atom stereocenters. The SMILES string of the molecule is C[Si](C)(C)CCOCn1cnc2cc(N(Cc3ccc(C4CCCCC4)nc3)C(=O)OCc3ccccc3)ccc2c1=O. The topological polar surface area (TPSA) is 86.6 Å². The van der Waals surface area contributed by atoms with Crippen LogP contribution < -0.4 is 10.5 Å². The normalized spacial score (nSPS) is 14.1. The summed E-state index contributed by atoms with van der Waals surface area (Å²) < 4.78 is 13.0. The van der Waals surface area contributed by atoms with E-state index < -0.39 is 14.2 Å². The summed E-state index contributed by atoms with van der Waals surface area (Å²) in [4.78, 5) is 37.6. The summed E-state index contributed by atoms with van der Waals surface area (Å²) in [5.41, 5.74) is 3.85. The average Bonchev–Trinajstić information content (AvgIpc) is 3.02. The smallest absolute Gasteiger partial charge is 0.414 e. The van der Waals surface area contributed by atoms with Gasteiger partial charge >= 0.3 is 6.09 Å². The Bertz CT molecular complexity index is 1560. The minimum absolute atomic E-state index is 0.156. The molecule has 1 aliphatic carbocycles. The highest BCUT2D eigenvalue weighted by Gasteiger charge is 2.21. The molecule has 0 N–H and O–H groups in total. The van der Waals surface area contributed by atoms with Crippen molar-refractivity contribution in [1.82, 2.24) is 14.5 Å². The molecule has 0 spiro atoms. The highest BCUT2D eigenvalue weighted by Crippen LogP contribution is 2.31. The van der Waals surface area contributed by atoms with Crippen molar-refractivity contribution in [1.29, 1.82) is 0 Å². The summed E-state index contributed by atoms with van der Waals surface area (Å²) in [7, 11) is -1.22. The second-order valence-electron chi connectivity index (χ2n) is 12.6. The van der Waals surface area contributed by atoms with Gasteiger partial charge in [-0.3, -0.25) is 19.2 Å². The zero-order chi connectivity index (χ0) is 30.2. The van der Waals surface area contributed by atoms with Gasteiger partial charge in [-0.25, -0.2) is 9.78 Å². The molecule has 1 amide bonds. The van der Waals surface area contributed by atoms with Gasteiger partial charge < -0.3 is 9.47 Å². The van der Waals surface area contributed by atoms with Crippen LogP contribution in [0.5, 0.6) is 0 Å². The number of carbonyl (C=O) groups is 1. The summed E-state index contributed by atoms with van der Waals surface area (Å²) in [6.45, 7) is 8.10. The van der Waals surface area contributed by atoms with Crippen molar-refractivity contribution in [3.8, 4) is 0 Å². The number of benzene rings is 2. The van der Waals surface area contributed by atoms with Crippen molar-refractivity contribution in [2.45, 2.75) is 83.6 Å². The van der Waals surface area contributed by atoms with Crippen molar-refractivity contribution in [3.63, 3.8) is 0 Å². The molecular weight excluding hydrogens is 556 g/mol. The third-order valence-electron chi connectivity index (χ3n) is 7.98. The van der Waals surface area contributed by atoms with Crippen LogP contribution >= 0.6 is 0 Å². The van der Waals surface area contributed by atoms with Gasteiger partial charge in [-0.2, -0.15) is 0 Å². The molecule has 1 fully saturated rings.